The molecule has 0 radical (unpaired) electrons. The first-order chi connectivity index (χ1) is 5.91. The summed E-state index contributed by atoms with van der Waals surface area (Å²) in [7, 11) is 0. The molecule has 0 aliphatic heterocycles. The summed E-state index contributed by atoms with van der Waals surface area (Å²) >= 11 is 0. The maximum absolute atomic E-state index is 10.7. The van der Waals surface area contributed by atoms with E-state index in [1.807, 2.05) is 6.07 Å². The molecular weight excluding hydrogens is 200 g/mol. The minimum absolute atomic E-state index is 0. The fraction of sp³-hybridized carbons (Fsp3) is 0.400. The lowest BCUT2D eigenvalue weighted by atomic mass is 9.91. The summed E-state index contributed by atoms with van der Waals surface area (Å²) < 4.78 is 0. The first-order valence-corrected chi connectivity index (χ1v) is 4.17. The molecule has 0 saturated carbocycles. The molecule has 1 heterocycles. The van der Waals surface area contributed by atoms with Crippen LogP contribution in [0.2, 0.25) is 0 Å². The van der Waals surface area contributed by atoms with E-state index >= 15 is 0 Å². The highest BCUT2D eigenvalue weighted by Gasteiger charge is 2.15. The molecule has 4 heteroatoms. The molecule has 0 atom stereocenters. The lowest BCUT2D eigenvalue weighted by molar-refractivity contribution is 0.1000. The molecule has 0 spiro atoms. The van der Waals surface area contributed by atoms with Crippen molar-refractivity contribution < 1.29 is 4.79 Å². The van der Waals surface area contributed by atoms with E-state index in [1.54, 1.807) is 6.07 Å². The smallest absolute Gasteiger partial charge is 0.250 e. The maximum Gasteiger partial charge on any atom is 0.250 e. The Bertz CT molecular complexity index is 314. The third-order valence-electron chi connectivity index (χ3n) is 1.82. The van der Waals surface area contributed by atoms with E-state index in [1.165, 1.54) is 6.20 Å². The Morgan fingerprint density at radius 3 is 2.21 bits per heavy atom. The van der Waals surface area contributed by atoms with Crippen LogP contribution in [0.5, 0.6) is 0 Å². The van der Waals surface area contributed by atoms with E-state index in [0.717, 1.165) is 5.69 Å². The first-order valence-electron chi connectivity index (χ1n) is 4.17. The molecule has 1 rings (SSSR count). The highest BCUT2D eigenvalue weighted by molar-refractivity contribution is 5.92. The average Bonchev–Trinajstić information content (AvgIpc) is 2.03. The van der Waals surface area contributed by atoms with Crippen LogP contribution in [-0.4, -0.2) is 10.9 Å². The second kappa shape index (κ2) is 4.42. The summed E-state index contributed by atoms with van der Waals surface area (Å²) in [5, 5.41) is 0. The molecule has 78 valence electrons. The molecular formula is C10H15ClN2O. The van der Waals surface area contributed by atoms with Crippen molar-refractivity contribution in [1.29, 1.82) is 0 Å². The number of pyridine rings is 1. The van der Waals surface area contributed by atoms with Gasteiger partial charge in [0, 0.05) is 17.3 Å². The molecule has 2 N–H and O–H groups in total. The molecule has 3 nitrogen and oxygen atoms in total. The van der Waals surface area contributed by atoms with Gasteiger partial charge in [0.2, 0.25) is 5.91 Å². The van der Waals surface area contributed by atoms with Crippen molar-refractivity contribution >= 4 is 18.3 Å². The predicted octanol–water partition coefficient (Wildman–Crippen LogP) is 1.90. The Balaban J connectivity index is 0.00000169. The second-order valence-corrected chi connectivity index (χ2v) is 4.05. The molecule has 0 aliphatic rings. The van der Waals surface area contributed by atoms with Gasteiger partial charge in [0.15, 0.2) is 0 Å². The van der Waals surface area contributed by atoms with Crippen LogP contribution >= 0.6 is 12.4 Å². The number of hydrogen-bond donors (Lipinski definition) is 1. The number of halogens is 1. The van der Waals surface area contributed by atoms with Gasteiger partial charge in [-0.2, -0.15) is 0 Å². The number of nitrogens with zero attached hydrogens (tertiary/aromatic N) is 1. The van der Waals surface area contributed by atoms with Crippen molar-refractivity contribution in [2.75, 3.05) is 0 Å². The van der Waals surface area contributed by atoms with Gasteiger partial charge in [0.05, 0.1) is 5.56 Å². The number of carbonyl (C=O) groups excluding carboxylic acids is 1. The van der Waals surface area contributed by atoms with Crippen LogP contribution in [0.1, 0.15) is 36.8 Å². The fourth-order valence-electron chi connectivity index (χ4n) is 0.983. The SMILES string of the molecule is CC(C)(C)c1ccc(C(N)=O)cn1.Cl. The zero-order chi connectivity index (χ0) is 10.1. The van der Waals surface area contributed by atoms with Gasteiger partial charge in [-0.3, -0.25) is 9.78 Å². The second-order valence-electron chi connectivity index (χ2n) is 4.05. The van der Waals surface area contributed by atoms with Crippen LogP contribution in [0, 0.1) is 0 Å². The zero-order valence-corrected chi connectivity index (χ0v) is 9.39. The Hall–Kier alpha value is -1.09. The van der Waals surface area contributed by atoms with Crippen molar-refractivity contribution in [2.24, 2.45) is 5.73 Å². The van der Waals surface area contributed by atoms with E-state index in [2.05, 4.69) is 25.8 Å². The molecule has 0 aliphatic carbocycles. The third-order valence-corrected chi connectivity index (χ3v) is 1.82. The van der Waals surface area contributed by atoms with Gasteiger partial charge in [-0.05, 0) is 12.1 Å². The van der Waals surface area contributed by atoms with Crippen molar-refractivity contribution in [2.45, 2.75) is 26.2 Å². The summed E-state index contributed by atoms with van der Waals surface area (Å²) in [5.41, 5.74) is 6.51. The Morgan fingerprint density at radius 1 is 1.36 bits per heavy atom. The van der Waals surface area contributed by atoms with Gasteiger partial charge in [-0.1, -0.05) is 20.8 Å². The summed E-state index contributed by atoms with van der Waals surface area (Å²) in [6, 6.07) is 3.54. The predicted molar refractivity (Wildman–Crippen MR) is 58.7 cm³/mol. The number of aromatic nitrogens is 1. The number of amides is 1. The molecule has 0 unspecified atom stereocenters. The van der Waals surface area contributed by atoms with Crippen molar-refractivity contribution in [1.82, 2.24) is 4.98 Å². The molecule has 1 aromatic rings. The normalized spacial score (nSPS) is 10.5. The fourth-order valence-corrected chi connectivity index (χ4v) is 0.983. The molecule has 1 amide bonds. The topological polar surface area (TPSA) is 56.0 Å². The van der Waals surface area contributed by atoms with Gasteiger partial charge in [-0.25, -0.2) is 0 Å². The lowest BCUT2D eigenvalue weighted by Gasteiger charge is -2.17. The average molecular weight is 215 g/mol. The highest BCUT2D eigenvalue weighted by atomic mass is 35.5. The summed E-state index contributed by atoms with van der Waals surface area (Å²) in [6.07, 6.45) is 1.52. The summed E-state index contributed by atoms with van der Waals surface area (Å²) in [6.45, 7) is 6.21. The number of nitrogens with two attached hydrogens (primary N) is 1. The molecule has 0 bridgehead atoms. The van der Waals surface area contributed by atoms with Crippen LogP contribution in [0.4, 0.5) is 0 Å². The van der Waals surface area contributed by atoms with Gasteiger partial charge < -0.3 is 5.73 Å². The van der Waals surface area contributed by atoms with Crippen molar-refractivity contribution in [3.05, 3.63) is 29.6 Å². The van der Waals surface area contributed by atoms with Gasteiger partial charge >= 0.3 is 0 Å². The number of carbonyl (C=O) groups is 1. The molecule has 0 aromatic carbocycles. The summed E-state index contributed by atoms with van der Waals surface area (Å²) in [4.78, 5) is 14.9. The van der Waals surface area contributed by atoms with Crippen LogP contribution in [0.25, 0.3) is 0 Å². The quantitative estimate of drug-likeness (QED) is 0.777. The van der Waals surface area contributed by atoms with E-state index in [0.29, 0.717) is 5.56 Å². The highest BCUT2D eigenvalue weighted by Crippen LogP contribution is 2.19. The monoisotopic (exact) mass is 214 g/mol. The largest absolute Gasteiger partial charge is 0.366 e. The molecule has 0 saturated heterocycles. The van der Waals surface area contributed by atoms with Crippen LogP contribution in [0.15, 0.2) is 18.3 Å². The maximum atomic E-state index is 10.7. The minimum Gasteiger partial charge on any atom is -0.366 e. The van der Waals surface area contributed by atoms with Gasteiger partial charge in [0.1, 0.15) is 0 Å². The van der Waals surface area contributed by atoms with Crippen LogP contribution in [0.3, 0.4) is 0 Å². The number of primary amides is 1. The number of hydrogen-bond acceptors (Lipinski definition) is 2. The zero-order valence-electron chi connectivity index (χ0n) is 8.57. The Kier molecular flexibility index (Phi) is 4.08. The Labute approximate surface area is 90.1 Å². The van der Waals surface area contributed by atoms with Gasteiger partial charge in [-0.15, -0.1) is 12.4 Å². The van der Waals surface area contributed by atoms with E-state index < -0.39 is 5.91 Å². The molecule has 14 heavy (non-hydrogen) atoms. The van der Waals surface area contributed by atoms with Crippen LogP contribution < -0.4 is 5.73 Å². The molecule has 0 fully saturated rings. The van der Waals surface area contributed by atoms with E-state index in [9.17, 15) is 4.79 Å². The Morgan fingerprint density at radius 2 is 1.93 bits per heavy atom. The van der Waals surface area contributed by atoms with Gasteiger partial charge in [0.25, 0.3) is 0 Å². The van der Waals surface area contributed by atoms with E-state index in [4.69, 9.17) is 5.73 Å². The first kappa shape index (κ1) is 12.9. The summed E-state index contributed by atoms with van der Waals surface area (Å²) in [5.74, 6) is -0.437. The third kappa shape index (κ3) is 3.00. The lowest BCUT2D eigenvalue weighted by Crippen LogP contribution is -2.16. The van der Waals surface area contributed by atoms with Crippen LogP contribution in [-0.2, 0) is 5.41 Å². The van der Waals surface area contributed by atoms with Crippen molar-refractivity contribution in [3.8, 4) is 0 Å². The standard InChI is InChI=1S/C10H14N2O.ClH/c1-10(2,3)8-5-4-7(6-12-8)9(11)13;/h4-6H,1-3H3,(H2,11,13);1H. The molecule has 1 aromatic heterocycles. The van der Waals surface area contributed by atoms with Crippen molar-refractivity contribution in [3.63, 3.8) is 0 Å². The minimum atomic E-state index is -0.437. The van der Waals surface area contributed by atoms with E-state index in [-0.39, 0.29) is 17.8 Å². The number of rotatable bonds is 1.